The van der Waals surface area contributed by atoms with Crippen LogP contribution in [0.4, 0.5) is 0 Å². The second-order valence-electron chi connectivity index (χ2n) is 24.8. The van der Waals surface area contributed by atoms with Crippen LogP contribution < -0.4 is 0 Å². The van der Waals surface area contributed by atoms with Gasteiger partial charge in [-0.2, -0.15) is 0 Å². The van der Waals surface area contributed by atoms with Gasteiger partial charge in [-0.1, -0.05) is 271 Å². The molecule has 87 heavy (non-hydrogen) atoms. The van der Waals surface area contributed by atoms with Gasteiger partial charge in [-0.05, 0) is 173 Å². The average Bonchev–Trinajstić information content (AvgIpc) is 3.55. The topological polar surface area (TPSA) is 84.3 Å². The maximum atomic E-state index is 10.6. The first-order valence-electron chi connectivity index (χ1n) is 33.0. The van der Waals surface area contributed by atoms with E-state index in [-0.39, 0.29) is 18.9 Å². The molecule has 0 radical (unpaired) electrons. The van der Waals surface area contributed by atoms with E-state index in [2.05, 4.69) is 232 Å². The van der Waals surface area contributed by atoms with Gasteiger partial charge in [0.2, 0.25) is 0 Å². The summed E-state index contributed by atoms with van der Waals surface area (Å²) in [5.41, 5.74) is 9.93. The van der Waals surface area contributed by atoms with Gasteiger partial charge in [0.15, 0.2) is 0 Å². The SMILES string of the molecule is CC(CC(=O)O)c1ccccc1.CC(CC=C1CCN(C)CC1)c1ccccc1.CC(CCC1CCN(C)CC1)c1ccccc1.CC(CCI)c1ccccc1.CC(CCO)c1ccccc1.CCCC(C)c1ccccc1.CN1CCC(=O)CC1. The van der Waals surface area contributed by atoms with Crippen LogP contribution in [0.15, 0.2) is 194 Å². The highest BCUT2D eigenvalue weighted by molar-refractivity contribution is 14.1. The van der Waals surface area contributed by atoms with Crippen molar-refractivity contribution in [1.82, 2.24) is 14.7 Å². The van der Waals surface area contributed by atoms with E-state index in [1.165, 1.54) is 123 Å². The van der Waals surface area contributed by atoms with Gasteiger partial charge in [0.05, 0.1) is 6.42 Å². The molecule has 476 valence electrons. The number of carboxylic acids is 1. The van der Waals surface area contributed by atoms with Crippen molar-refractivity contribution in [2.75, 3.05) is 71.4 Å². The molecule has 0 amide bonds. The molecule has 6 atom stereocenters. The lowest BCUT2D eigenvalue weighted by atomic mass is 9.87. The van der Waals surface area contributed by atoms with E-state index < -0.39 is 5.97 Å². The number of hydrogen-bond acceptors (Lipinski definition) is 6. The Bertz CT molecular complexity index is 2500. The third kappa shape index (κ3) is 34.9. The van der Waals surface area contributed by atoms with E-state index in [9.17, 15) is 9.59 Å². The number of likely N-dealkylation sites (tertiary alicyclic amines) is 3. The molecule has 7 nitrogen and oxygen atoms in total. The van der Waals surface area contributed by atoms with E-state index in [0.717, 1.165) is 55.7 Å². The van der Waals surface area contributed by atoms with E-state index >= 15 is 0 Å². The molecule has 3 saturated heterocycles. The number of alkyl halides is 1. The van der Waals surface area contributed by atoms with E-state index in [1.807, 2.05) is 62.5 Å². The zero-order valence-electron chi connectivity index (χ0n) is 55.4. The van der Waals surface area contributed by atoms with Crippen molar-refractivity contribution >= 4 is 34.3 Å². The largest absolute Gasteiger partial charge is 0.481 e. The maximum absolute atomic E-state index is 10.6. The summed E-state index contributed by atoms with van der Waals surface area (Å²) in [4.78, 5) is 28.0. The third-order valence-electron chi connectivity index (χ3n) is 17.3. The molecule has 9 rings (SSSR count). The molecule has 0 saturated carbocycles. The molecule has 3 fully saturated rings. The summed E-state index contributed by atoms with van der Waals surface area (Å²) in [7, 11) is 6.50. The normalized spacial score (nSPS) is 16.5. The van der Waals surface area contributed by atoms with Gasteiger partial charge < -0.3 is 24.9 Å². The van der Waals surface area contributed by atoms with Crippen LogP contribution in [-0.4, -0.2) is 108 Å². The number of benzene rings is 6. The number of Topliss-reactive ketones (excluding diaryl/α,β-unsaturated/α-hetero) is 1. The number of aliphatic hydroxyl groups excluding tert-OH is 1. The average molecular weight is 1300 g/mol. The summed E-state index contributed by atoms with van der Waals surface area (Å²) >= 11 is 2.43. The lowest BCUT2D eigenvalue weighted by molar-refractivity contribution is -0.137. The van der Waals surface area contributed by atoms with Gasteiger partial charge in [-0.3, -0.25) is 9.59 Å². The minimum Gasteiger partial charge on any atom is -0.481 e. The fourth-order valence-corrected chi connectivity index (χ4v) is 11.8. The fraction of sp³-hybridized carbons (Fsp3) is 0.494. The Morgan fingerprint density at radius 2 is 0.793 bits per heavy atom. The maximum Gasteiger partial charge on any atom is 0.303 e. The van der Waals surface area contributed by atoms with Gasteiger partial charge in [0, 0.05) is 50.1 Å². The highest BCUT2D eigenvalue weighted by Crippen LogP contribution is 2.28. The number of hydrogen-bond donors (Lipinski definition) is 2. The monoisotopic (exact) mass is 1300 g/mol. The Morgan fingerprint density at radius 1 is 0.471 bits per heavy atom. The molecule has 0 bridgehead atoms. The van der Waals surface area contributed by atoms with Crippen LogP contribution in [0.3, 0.4) is 0 Å². The van der Waals surface area contributed by atoms with Gasteiger partial charge >= 0.3 is 5.97 Å². The first-order valence-corrected chi connectivity index (χ1v) is 34.5. The van der Waals surface area contributed by atoms with E-state index in [0.29, 0.717) is 23.5 Å². The second kappa shape index (κ2) is 46.8. The number of aliphatic carboxylic acids is 1. The number of ketones is 1. The Balaban J connectivity index is 0.000000269. The first-order chi connectivity index (χ1) is 42.0. The smallest absolute Gasteiger partial charge is 0.303 e. The van der Waals surface area contributed by atoms with Gasteiger partial charge in [0.25, 0.3) is 0 Å². The highest BCUT2D eigenvalue weighted by atomic mass is 127. The molecule has 6 aromatic carbocycles. The molecule has 6 aromatic rings. The van der Waals surface area contributed by atoms with E-state index in [1.54, 1.807) is 5.57 Å². The molecule has 3 aliphatic rings. The van der Waals surface area contributed by atoms with Crippen LogP contribution in [0, 0.1) is 5.92 Å². The summed E-state index contributed by atoms with van der Waals surface area (Å²) in [6.07, 6.45) is 18.2. The van der Waals surface area contributed by atoms with Crippen molar-refractivity contribution in [3.05, 3.63) is 227 Å². The zero-order valence-corrected chi connectivity index (χ0v) is 57.6. The van der Waals surface area contributed by atoms with Crippen molar-refractivity contribution in [2.45, 2.75) is 174 Å². The fourth-order valence-electron chi connectivity index (χ4n) is 10.8. The van der Waals surface area contributed by atoms with Gasteiger partial charge in [-0.15, -0.1) is 0 Å². The summed E-state index contributed by atoms with van der Waals surface area (Å²) in [5, 5.41) is 17.2. The van der Waals surface area contributed by atoms with Crippen molar-refractivity contribution in [2.24, 2.45) is 5.92 Å². The van der Waals surface area contributed by atoms with E-state index in [4.69, 9.17) is 10.2 Å². The zero-order chi connectivity index (χ0) is 63.4. The number of carboxylic acid groups (broad SMARTS) is 1. The summed E-state index contributed by atoms with van der Waals surface area (Å²) in [6.45, 7) is 22.8. The molecule has 0 spiro atoms. The quantitative estimate of drug-likeness (QED) is 0.0475. The van der Waals surface area contributed by atoms with Crippen molar-refractivity contribution in [3.63, 3.8) is 0 Å². The van der Waals surface area contributed by atoms with Gasteiger partial charge in [-0.25, -0.2) is 0 Å². The number of allylic oxidation sites excluding steroid dienone is 1. The van der Waals surface area contributed by atoms with Crippen LogP contribution >= 0.6 is 22.6 Å². The lowest BCUT2D eigenvalue weighted by Gasteiger charge is -2.29. The summed E-state index contributed by atoms with van der Waals surface area (Å²) in [5.74, 6) is 4.02. The lowest BCUT2D eigenvalue weighted by Crippen LogP contribution is -2.30. The molecule has 0 aromatic heterocycles. The first kappa shape index (κ1) is 76.0. The standard InChI is InChI=1S/C16H25N.C16H23N.C11H16.C10H13I.C10H12O2.C10H14O.C6H11NO/c2*1-14(16-6-4-3-5-7-16)8-9-15-10-12-17(2)13-11-15;1-3-7-10(2)11-8-5-4-6-9-11;1-9(7-8-11)10-5-3-2-4-6-10;1-8(7-10(11)12)9-5-3-2-4-6-9;1-9(7-8-11)10-5-3-2-4-6-10;1-7-4-2-6(8)3-5-7/h3-7,14-15H,8-13H2,1-2H3;3-7,9,14H,8,10-13H2,1-2H3;4-6,8-10H,3,7H2,1-2H3;2-6,9H,7-8H2,1H3;2-6,8H,7H2,1H3,(H,11,12);2-6,9,11H,7-8H2,1H3;2-5H2,1H3. The predicted octanol–water partition coefficient (Wildman–Crippen LogP) is 19.7. The number of carbonyl (C=O) groups is 2. The Kier molecular flexibility index (Phi) is 40.9. The second-order valence-corrected chi connectivity index (χ2v) is 25.9. The Labute approximate surface area is 543 Å². The summed E-state index contributed by atoms with van der Waals surface area (Å²) < 4.78 is 1.24. The minimum absolute atomic E-state index is 0.101. The molecule has 0 aliphatic carbocycles. The highest BCUT2D eigenvalue weighted by Gasteiger charge is 2.18. The van der Waals surface area contributed by atoms with Gasteiger partial charge in [0.1, 0.15) is 5.78 Å². The number of piperidine rings is 3. The molecule has 6 unspecified atom stereocenters. The van der Waals surface area contributed by atoms with Crippen LogP contribution in [-0.2, 0) is 9.59 Å². The molecule has 8 heteroatoms. The minimum atomic E-state index is -0.744. The molecule has 3 heterocycles. The number of aliphatic hydroxyl groups is 1. The summed E-state index contributed by atoms with van der Waals surface area (Å²) in [6, 6.07) is 63.1. The van der Waals surface area contributed by atoms with Crippen LogP contribution in [0.5, 0.6) is 0 Å². The Morgan fingerprint density at radius 3 is 1.14 bits per heavy atom. The molecular formula is C79H114IN3O4. The van der Waals surface area contributed by atoms with Crippen LogP contribution in [0.2, 0.25) is 0 Å². The number of rotatable bonds is 19. The third-order valence-corrected chi connectivity index (χ3v) is 17.9. The Hall–Kier alpha value is -5.23. The van der Waals surface area contributed by atoms with Crippen LogP contribution in [0.1, 0.15) is 207 Å². The number of nitrogens with zero attached hydrogens (tertiary/aromatic N) is 3. The molecular weight excluding hydrogens is 1180 g/mol. The predicted molar refractivity (Wildman–Crippen MR) is 382 cm³/mol. The van der Waals surface area contributed by atoms with Crippen molar-refractivity contribution < 1.29 is 19.8 Å². The molecule has 3 aliphatic heterocycles. The number of carbonyl (C=O) groups excluding carboxylic acids is 1. The molecule has 2 N–H and O–H groups in total. The van der Waals surface area contributed by atoms with Crippen LogP contribution in [0.25, 0.3) is 0 Å². The van der Waals surface area contributed by atoms with Crippen molar-refractivity contribution in [1.29, 1.82) is 0 Å². The van der Waals surface area contributed by atoms with Crippen molar-refractivity contribution in [3.8, 4) is 0 Å². The number of halogens is 1.